The Kier molecular flexibility index (Phi) is 4.28. The van der Waals surface area contributed by atoms with Gasteiger partial charge < -0.3 is 5.32 Å². The maximum Gasteiger partial charge on any atom is 0.253 e. The van der Waals surface area contributed by atoms with Crippen molar-refractivity contribution in [3.05, 3.63) is 28.5 Å². The van der Waals surface area contributed by atoms with Crippen molar-refractivity contribution in [2.75, 3.05) is 0 Å². The number of carbonyl (C=O) groups is 1. The topological polar surface area (TPSA) is 89.3 Å². The minimum Gasteiger partial charge on any atom is -0.347 e. The van der Waals surface area contributed by atoms with Gasteiger partial charge in [-0.25, -0.2) is 17.9 Å². The van der Waals surface area contributed by atoms with Crippen molar-refractivity contribution in [2.24, 2.45) is 5.14 Å². The summed E-state index contributed by atoms with van der Waals surface area (Å²) < 4.78 is 36.3. The molecule has 1 aromatic rings. The van der Waals surface area contributed by atoms with Crippen molar-refractivity contribution >= 4 is 27.5 Å². The van der Waals surface area contributed by atoms with Gasteiger partial charge in [0.2, 0.25) is 10.0 Å². The summed E-state index contributed by atoms with van der Waals surface area (Å²) in [5.74, 6) is -1.60. The first-order valence-electron chi connectivity index (χ1n) is 6.47. The number of rotatable bonds is 3. The van der Waals surface area contributed by atoms with Gasteiger partial charge in [-0.15, -0.1) is 0 Å². The fourth-order valence-electron chi connectivity index (χ4n) is 2.52. The molecule has 3 N–H and O–H groups in total. The molecule has 5 nitrogen and oxygen atoms in total. The Bertz CT molecular complexity index is 685. The van der Waals surface area contributed by atoms with Crippen LogP contribution >= 0.6 is 11.6 Å². The molecule has 0 saturated heterocycles. The van der Waals surface area contributed by atoms with E-state index in [1.807, 2.05) is 6.92 Å². The van der Waals surface area contributed by atoms with Crippen LogP contribution in [0.4, 0.5) is 4.39 Å². The second-order valence-electron chi connectivity index (χ2n) is 5.53. The Balaban J connectivity index is 2.38. The number of amides is 1. The zero-order valence-electron chi connectivity index (χ0n) is 11.4. The molecule has 0 bridgehead atoms. The molecule has 1 aliphatic carbocycles. The number of hydrogen-bond donors (Lipinski definition) is 2. The first-order valence-corrected chi connectivity index (χ1v) is 8.39. The Labute approximate surface area is 127 Å². The summed E-state index contributed by atoms with van der Waals surface area (Å²) in [5, 5.41) is 7.34. The molecule has 0 heterocycles. The number of benzene rings is 1. The van der Waals surface area contributed by atoms with E-state index in [0.717, 1.165) is 31.7 Å². The van der Waals surface area contributed by atoms with E-state index in [2.05, 4.69) is 5.32 Å². The van der Waals surface area contributed by atoms with Crippen molar-refractivity contribution < 1.29 is 17.6 Å². The summed E-state index contributed by atoms with van der Waals surface area (Å²) >= 11 is 5.77. The fraction of sp³-hybridized carbons (Fsp3) is 0.462. The maximum atomic E-state index is 13.7. The SMILES string of the molecule is CC1(NC(=O)c2cc(S(N)(=O)=O)cc(F)c2Cl)CCCC1. The van der Waals surface area contributed by atoms with Crippen molar-refractivity contribution in [1.82, 2.24) is 5.32 Å². The fourth-order valence-corrected chi connectivity index (χ4v) is 3.26. The molecular weight excluding hydrogens is 319 g/mol. The summed E-state index contributed by atoms with van der Waals surface area (Å²) in [6.45, 7) is 1.89. The Morgan fingerprint density at radius 1 is 1.38 bits per heavy atom. The summed E-state index contributed by atoms with van der Waals surface area (Å²) in [7, 11) is -4.12. The van der Waals surface area contributed by atoms with Crippen LogP contribution in [-0.2, 0) is 10.0 Å². The predicted octanol–water partition coefficient (Wildman–Crippen LogP) is 2.19. The van der Waals surface area contributed by atoms with E-state index in [0.29, 0.717) is 6.07 Å². The molecule has 0 aliphatic heterocycles. The van der Waals surface area contributed by atoms with Crippen LogP contribution in [0.5, 0.6) is 0 Å². The van der Waals surface area contributed by atoms with Gasteiger partial charge >= 0.3 is 0 Å². The second kappa shape index (κ2) is 5.55. The number of nitrogens with one attached hydrogen (secondary N) is 1. The van der Waals surface area contributed by atoms with Gasteiger partial charge in [0.15, 0.2) is 0 Å². The zero-order valence-corrected chi connectivity index (χ0v) is 13.0. The lowest BCUT2D eigenvalue weighted by molar-refractivity contribution is 0.0907. The van der Waals surface area contributed by atoms with Gasteiger partial charge in [0.25, 0.3) is 5.91 Å². The Hall–Kier alpha value is -1.18. The predicted molar refractivity (Wildman–Crippen MR) is 77.1 cm³/mol. The molecule has 0 atom stereocenters. The van der Waals surface area contributed by atoms with Crippen LogP contribution in [0.3, 0.4) is 0 Å². The van der Waals surface area contributed by atoms with Gasteiger partial charge in [-0.2, -0.15) is 0 Å². The van der Waals surface area contributed by atoms with E-state index in [1.165, 1.54) is 0 Å². The molecule has 2 rings (SSSR count). The molecule has 0 spiro atoms. The standard InChI is InChI=1S/C13H16ClFN2O3S/c1-13(4-2-3-5-13)17-12(18)9-6-8(21(16,19)20)7-10(15)11(9)14/h6-7H,2-5H2,1H3,(H,17,18)(H2,16,19,20). The van der Waals surface area contributed by atoms with Crippen molar-refractivity contribution in [2.45, 2.75) is 43.0 Å². The summed E-state index contributed by atoms with van der Waals surface area (Å²) in [4.78, 5) is 11.8. The molecule has 1 fully saturated rings. The van der Waals surface area contributed by atoms with Crippen LogP contribution < -0.4 is 10.5 Å². The third-order valence-electron chi connectivity index (χ3n) is 3.70. The molecule has 1 amide bonds. The van der Waals surface area contributed by atoms with E-state index >= 15 is 0 Å². The lowest BCUT2D eigenvalue weighted by atomic mass is 10.00. The lowest BCUT2D eigenvalue weighted by Gasteiger charge is -2.25. The van der Waals surface area contributed by atoms with Crippen LogP contribution in [0.25, 0.3) is 0 Å². The first kappa shape index (κ1) is 16.2. The van der Waals surface area contributed by atoms with Crippen molar-refractivity contribution in [3.63, 3.8) is 0 Å². The summed E-state index contributed by atoms with van der Waals surface area (Å²) in [6, 6.07) is 1.69. The highest BCUT2D eigenvalue weighted by molar-refractivity contribution is 7.89. The van der Waals surface area contributed by atoms with Crippen LogP contribution in [0.1, 0.15) is 43.0 Å². The van der Waals surface area contributed by atoms with Crippen LogP contribution in [0.2, 0.25) is 5.02 Å². The second-order valence-corrected chi connectivity index (χ2v) is 7.47. The van der Waals surface area contributed by atoms with E-state index in [9.17, 15) is 17.6 Å². The number of primary sulfonamides is 1. The van der Waals surface area contributed by atoms with Crippen LogP contribution in [0.15, 0.2) is 17.0 Å². The summed E-state index contributed by atoms with van der Waals surface area (Å²) in [6.07, 6.45) is 3.62. The number of carbonyl (C=O) groups excluding carboxylic acids is 1. The highest BCUT2D eigenvalue weighted by Gasteiger charge is 2.31. The highest BCUT2D eigenvalue weighted by Crippen LogP contribution is 2.30. The Morgan fingerprint density at radius 3 is 2.48 bits per heavy atom. The van der Waals surface area contributed by atoms with Gasteiger partial charge in [0, 0.05) is 5.54 Å². The molecular formula is C13H16ClFN2O3S. The van der Waals surface area contributed by atoms with Crippen LogP contribution in [-0.4, -0.2) is 19.9 Å². The van der Waals surface area contributed by atoms with Crippen molar-refractivity contribution in [1.29, 1.82) is 0 Å². The van der Waals surface area contributed by atoms with E-state index in [4.69, 9.17) is 16.7 Å². The molecule has 1 aliphatic rings. The van der Waals surface area contributed by atoms with Crippen molar-refractivity contribution in [3.8, 4) is 0 Å². The highest BCUT2D eigenvalue weighted by atomic mass is 35.5. The molecule has 0 radical (unpaired) electrons. The van der Waals surface area contributed by atoms with Gasteiger partial charge in [0.05, 0.1) is 15.5 Å². The Morgan fingerprint density at radius 2 is 1.95 bits per heavy atom. The first-order chi connectivity index (χ1) is 9.62. The molecule has 0 aromatic heterocycles. The van der Waals surface area contributed by atoms with Gasteiger partial charge in [-0.1, -0.05) is 24.4 Å². The quantitative estimate of drug-likeness (QED) is 0.887. The zero-order chi connectivity index (χ0) is 15.8. The number of nitrogens with two attached hydrogens (primary N) is 1. The average molecular weight is 335 g/mol. The number of halogens is 2. The third-order valence-corrected chi connectivity index (χ3v) is 4.97. The van der Waals surface area contributed by atoms with Gasteiger partial charge in [0.1, 0.15) is 5.82 Å². The molecule has 116 valence electrons. The minimum absolute atomic E-state index is 0.228. The summed E-state index contributed by atoms with van der Waals surface area (Å²) in [5.41, 5.74) is -0.608. The van der Waals surface area contributed by atoms with E-state index < -0.39 is 31.7 Å². The van der Waals surface area contributed by atoms with Crippen LogP contribution in [0, 0.1) is 5.82 Å². The monoisotopic (exact) mass is 334 g/mol. The van der Waals surface area contributed by atoms with Gasteiger partial charge in [-0.3, -0.25) is 4.79 Å². The molecule has 8 heteroatoms. The van der Waals surface area contributed by atoms with E-state index in [-0.39, 0.29) is 11.1 Å². The smallest absolute Gasteiger partial charge is 0.253 e. The molecule has 1 saturated carbocycles. The largest absolute Gasteiger partial charge is 0.347 e. The maximum absolute atomic E-state index is 13.7. The number of hydrogen-bond acceptors (Lipinski definition) is 3. The third kappa shape index (κ3) is 3.53. The van der Waals surface area contributed by atoms with Gasteiger partial charge in [-0.05, 0) is 31.9 Å². The van der Waals surface area contributed by atoms with E-state index in [1.54, 1.807) is 0 Å². The molecule has 1 aromatic carbocycles. The lowest BCUT2D eigenvalue weighted by Crippen LogP contribution is -2.43. The number of sulfonamides is 1. The normalized spacial score (nSPS) is 17.7. The molecule has 0 unspecified atom stereocenters. The molecule has 21 heavy (non-hydrogen) atoms. The average Bonchev–Trinajstić information content (AvgIpc) is 2.77. The minimum atomic E-state index is -4.12.